The number of carbonyl (C=O) groups is 1. The quantitative estimate of drug-likeness (QED) is 0.190. The molecule has 30 heavy (non-hydrogen) atoms. The van der Waals surface area contributed by atoms with Gasteiger partial charge in [0.2, 0.25) is 10.4 Å². The Kier molecular flexibility index (Phi) is 17.4. The summed E-state index contributed by atoms with van der Waals surface area (Å²) < 4.78 is 36.1. The van der Waals surface area contributed by atoms with E-state index in [1.54, 1.807) is 0 Å². The molecule has 1 N–H and O–H groups in total. The van der Waals surface area contributed by atoms with Crippen molar-refractivity contribution in [1.82, 2.24) is 5.32 Å². The smallest absolute Gasteiger partial charge is 0.257 e. The van der Waals surface area contributed by atoms with Gasteiger partial charge in [-0.15, -0.1) is 0 Å². The van der Waals surface area contributed by atoms with Gasteiger partial charge < -0.3 is 9.87 Å². The fourth-order valence-electron chi connectivity index (χ4n) is 2.66. The number of nitrogens with one attached hydrogen (secondary N) is 1. The summed E-state index contributed by atoms with van der Waals surface area (Å²) in [6, 6.07) is 3.80. The van der Waals surface area contributed by atoms with Crippen LogP contribution in [0.4, 0.5) is 0 Å². The van der Waals surface area contributed by atoms with Crippen molar-refractivity contribution >= 4 is 16.3 Å². The number of nitrogens with zero attached hydrogens (tertiary/aromatic N) is 1. The van der Waals surface area contributed by atoms with Crippen LogP contribution in [0, 0.1) is 0 Å². The predicted octanol–water partition coefficient (Wildman–Crippen LogP) is 4.13. The van der Waals surface area contributed by atoms with Crippen molar-refractivity contribution in [2.45, 2.75) is 91.5 Å². The minimum absolute atomic E-state index is 0.0258. The lowest BCUT2D eigenvalue weighted by Crippen LogP contribution is -2.35. The first-order valence-corrected chi connectivity index (χ1v) is 12.5. The Morgan fingerprint density at radius 1 is 1.00 bits per heavy atom. The Bertz CT molecular complexity index is 665. The zero-order valence-corrected chi connectivity index (χ0v) is 19.7. The van der Waals surface area contributed by atoms with Crippen molar-refractivity contribution < 1.29 is 26.5 Å². The minimum Gasteiger partial charge on any atom is -0.726 e. The van der Waals surface area contributed by atoms with E-state index in [9.17, 15) is 17.8 Å². The minimum atomic E-state index is -4.47. The lowest BCUT2D eigenvalue weighted by Gasteiger charge is -2.06. The van der Waals surface area contributed by atoms with Gasteiger partial charge in [0.25, 0.3) is 5.91 Å². The van der Waals surface area contributed by atoms with E-state index in [4.69, 9.17) is 0 Å². The molecule has 8 heteroatoms. The normalized spacial score (nSPS) is 10.9. The van der Waals surface area contributed by atoms with Gasteiger partial charge in [0, 0.05) is 19.0 Å². The largest absolute Gasteiger partial charge is 0.726 e. The third-order valence-corrected chi connectivity index (χ3v) is 4.89. The zero-order chi connectivity index (χ0) is 22.7. The summed E-state index contributed by atoms with van der Waals surface area (Å²) in [5, 5.41) is 2.93. The molecule has 1 rings (SSSR count). The molecule has 1 aromatic rings. The van der Waals surface area contributed by atoms with Gasteiger partial charge in [-0.3, -0.25) is 8.98 Å². The molecule has 0 aliphatic heterocycles. The summed E-state index contributed by atoms with van der Waals surface area (Å²) in [6.45, 7) is 8.19. The number of pyridine rings is 1. The van der Waals surface area contributed by atoms with E-state index in [2.05, 4.69) is 34.8 Å². The fraction of sp³-hybridized carbons (Fsp3) is 0.727. The van der Waals surface area contributed by atoms with E-state index in [0.29, 0.717) is 6.42 Å². The number of aromatic nitrogens is 1. The number of hydrogen-bond donors (Lipinski definition) is 1. The van der Waals surface area contributed by atoms with Gasteiger partial charge in [0.05, 0.1) is 6.61 Å². The van der Waals surface area contributed by atoms with Crippen molar-refractivity contribution in [3.63, 3.8) is 0 Å². The highest BCUT2D eigenvalue weighted by Crippen LogP contribution is 2.05. The molecule has 0 aliphatic rings. The summed E-state index contributed by atoms with van der Waals surface area (Å²) in [5.74, 6) is 0.0318. The van der Waals surface area contributed by atoms with Gasteiger partial charge in [-0.05, 0) is 18.9 Å². The first-order chi connectivity index (χ1) is 14.3. The highest BCUT2D eigenvalue weighted by atomic mass is 32.3. The van der Waals surface area contributed by atoms with E-state index in [1.165, 1.54) is 25.7 Å². The van der Waals surface area contributed by atoms with Crippen LogP contribution in [-0.2, 0) is 21.1 Å². The second-order valence-electron chi connectivity index (χ2n) is 7.29. The van der Waals surface area contributed by atoms with Crippen molar-refractivity contribution in [2.75, 3.05) is 13.2 Å². The monoisotopic (exact) mass is 444 g/mol. The molecule has 0 saturated heterocycles. The van der Waals surface area contributed by atoms with E-state index >= 15 is 0 Å². The highest BCUT2D eigenvalue weighted by molar-refractivity contribution is 7.80. The van der Waals surface area contributed by atoms with Crippen LogP contribution in [0.25, 0.3) is 0 Å². The van der Waals surface area contributed by atoms with Gasteiger partial charge >= 0.3 is 0 Å². The molecule has 0 radical (unpaired) electrons. The lowest BCUT2D eigenvalue weighted by molar-refractivity contribution is -0.697. The summed E-state index contributed by atoms with van der Waals surface area (Å²) in [4.78, 5) is 11.8. The Hall–Kier alpha value is -1.51. The van der Waals surface area contributed by atoms with Gasteiger partial charge in [-0.1, -0.05) is 65.7 Å². The average Bonchev–Trinajstić information content (AvgIpc) is 2.71. The van der Waals surface area contributed by atoms with Crippen molar-refractivity contribution in [3.05, 3.63) is 30.1 Å². The number of aryl methyl sites for hydroxylation is 1. The summed E-state index contributed by atoms with van der Waals surface area (Å²) in [7, 11) is -4.47. The van der Waals surface area contributed by atoms with Crippen LogP contribution >= 0.6 is 0 Å². The SMILES string of the molecule is CCCCCCCCOS(=O)(=O)[O-].CCCCNC(=O)c1ccc[n+](CCCC)c1. The van der Waals surface area contributed by atoms with Crippen molar-refractivity contribution in [3.8, 4) is 0 Å². The van der Waals surface area contributed by atoms with E-state index < -0.39 is 10.4 Å². The molecule has 174 valence electrons. The standard InChI is InChI=1S/C14H22N2O.C8H18O4S/c1-3-5-9-15-14(17)13-8-7-11-16(12-13)10-6-4-2;1-2-3-4-5-6-7-8-12-13(9,10)11/h7-8,11-12H,3-6,9-10H2,1-2H3;2-8H2,1H3,(H,9,10,11). The molecular formula is C22H40N2O5S. The van der Waals surface area contributed by atoms with Gasteiger partial charge in [-0.25, -0.2) is 13.0 Å². The Morgan fingerprint density at radius 2 is 1.63 bits per heavy atom. The molecule has 0 aliphatic carbocycles. The van der Waals surface area contributed by atoms with Crippen LogP contribution in [0.15, 0.2) is 24.5 Å². The molecule has 0 aromatic carbocycles. The van der Waals surface area contributed by atoms with Crippen molar-refractivity contribution in [1.29, 1.82) is 0 Å². The van der Waals surface area contributed by atoms with Crippen LogP contribution < -0.4 is 9.88 Å². The number of amides is 1. The summed E-state index contributed by atoms with van der Waals surface area (Å²) in [5.41, 5.74) is 0.750. The molecule has 0 unspecified atom stereocenters. The number of carbonyl (C=O) groups excluding carboxylic acids is 1. The number of rotatable bonds is 15. The number of hydrogen-bond acceptors (Lipinski definition) is 5. The second-order valence-corrected chi connectivity index (χ2v) is 8.34. The summed E-state index contributed by atoms with van der Waals surface area (Å²) >= 11 is 0. The van der Waals surface area contributed by atoms with E-state index in [1.807, 2.05) is 24.5 Å². The first kappa shape index (κ1) is 28.5. The van der Waals surface area contributed by atoms with Crippen LogP contribution in [0.3, 0.4) is 0 Å². The van der Waals surface area contributed by atoms with Crippen LogP contribution in [0.2, 0.25) is 0 Å². The fourth-order valence-corrected chi connectivity index (χ4v) is 2.98. The van der Waals surface area contributed by atoms with Crippen LogP contribution in [0.5, 0.6) is 0 Å². The molecule has 1 aromatic heterocycles. The third-order valence-electron chi connectivity index (χ3n) is 4.43. The van der Waals surface area contributed by atoms with E-state index in [0.717, 1.165) is 50.8 Å². The average molecular weight is 445 g/mol. The molecule has 1 amide bonds. The van der Waals surface area contributed by atoms with Crippen LogP contribution in [-0.4, -0.2) is 32.0 Å². The first-order valence-electron chi connectivity index (χ1n) is 11.2. The molecular weight excluding hydrogens is 404 g/mol. The van der Waals surface area contributed by atoms with E-state index in [-0.39, 0.29) is 12.5 Å². The third kappa shape index (κ3) is 17.4. The molecule has 0 atom stereocenters. The number of unbranched alkanes of at least 4 members (excludes halogenated alkanes) is 7. The Morgan fingerprint density at radius 3 is 2.27 bits per heavy atom. The van der Waals surface area contributed by atoms with Crippen LogP contribution in [0.1, 0.15) is 95.3 Å². The maximum atomic E-state index is 11.8. The zero-order valence-electron chi connectivity index (χ0n) is 18.9. The lowest BCUT2D eigenvalue weighted by atomic mass is 10.1. The molecule has 7 nitrogen and oxygen atoms in total. The summed E-state index contributed by atoms with van der Waals surface area (Å²) in [6.07, 6.45) is 14.6. The Balaban J connectivity index is 0.000000584. The Labute approximate surface area is 183 Å². The van der Waals surface area contributed by atoms with Gasteiger partial charge in [0.15, 0.2) is 12.4 Å². The maximum absolute atomic E-state index is 11.8. The topological polar surface area (TPSA) is 99.4 Å². The molecule has 0 saturated carbocycles. The second kappa shape index (κ2) is 18.3. The highest BCUT2D eigenvalue weighted by Gasteiger charge is 2.09. The van der Waals surface area contributed by atoms with Gasteiger partial charge in [0.1, 0.15) is 12.1 Å². The molecule has 0 bridgehead atoms. The van der Waals surface area contributed by atoms with Gasteiger partial charge in [-0.2, -0.15) is 0 Å². The molecule has 1 heterocycles. The maximum Gasteiger partial charge on any atom is 0.257 e. The predicted molar refractivity (Wildman–Crippen MR) is 118 cm³/mol. The molecule has 0 fully saturated rings. The molecule has 0 spiro atoms. The van der Waals surface area contributed by atoms with Crippen molar-refractivity contribution in [2.24, 2.45) is 0 Å².